The summed E-state index contributed by atoms with van der Waals surface area (Å²) in [7, 11) is 2.26. The van der Waals surface area contributed by atoms with Gasteiger partial charge in [-0.25, -0.2) is 15.8 Å². The molecule has 0 aromatic carbocycles. The van der Waals surface area contributed by atoms with Gasteiger partial charge >= 0.3 is 0 Å². The van der Waals surface area contributed by atoms with E-state index in [0.717, 1.165) is 36.7 Å². The highest BCUT2D eigenvalue weighted by Gasteiger charge is 2.34. The maximum atomic E-state index is 5.48. The lowest BCUT2D eigenvalue weighted by molar-refractivity contribution is 0.102. The molecule has 0 amide bonds. The third-order valence-corrected chi connectivity index (χ3v) is 4.64. The lowest BCUT2D eigenvalue weighted by Gasteiger charge is -2.46. The maximum absolute atomic E-state index is 5.48. The first-order chi connectivity index (χ1) is 9.67. The predicted molar refractivity (Wildman–Crippen MR) is 80.6 cm³/mol. The van der Waals surface area contributed by atoms with E-state index in [-0.39, 0.29) is 0 Å². The lowest BCUT2D eigenvalue weighted by atomic mass is 9.84. The van der Waals surface area contributed by atoms with Crippen LogP contribution in [0.2, 0.25) is 0 Å². The summed E-state index contributed by atoms with van der Waals surface area (Å²) in [5.41, 5.74) is 2.62. The average Bonchev–Trinajstić information content (AvgIpc) is 2.46. The van der Waals surface area contributed by atoms with Gasteiger partial charge in [0.25, 0.3) is 0 Å². The van der Waals surface area contributed by atoms with Crippen molar-refractivity contribution in [2.24, 2.45) is 11.8 Å². The van der Waals surface area contributed by atoms with Gasteiger partial charge in [-0.15, -0.1) is 0 Å². The number of aromatic nitrogens is 2. The molecule has 6 heteroatoms. The SMILES string of the molecule is Cc1nc(NN)cc(N2CCC3C(CCCN3C)C2)n1. The van der Waals surface area contributed by atoms with Crippen LogP contribution in [0, 0.1) is 12.8 Å². The minimum Gasteiger partial charge on any atom is -0.356 e. The first-order valence-electron chi connectivity index (χ1n) is 7.45. The second-order valence-electron chi connectivity index (χ2n) is 5.99. The topological polar surface area (TPSA) is 70.3 Å². The number of rotatable bonds is 2. The maximum Gasteiger partial charge on any atom is 0.145 e. The summed E-state index contributed by atoms with van der Waals surface area (Å²) in [6.45, 7) is 5.31. The van der Waals surface area contributed by atoms with Crippen molar-refractivity contribution in [1.82, 2.24) is 14.9 Å². The minimum absolute atomic E-state index is 0.690. The smallest absolute Gasteiger partial charge is 0.145 e. The molecule has 110 valence electrons. The number of nitrogens with two attached hydrogens (primary N) is 1. The zero-order chi connectivity index (χ0) is 14.1. The third kappa shape index (κ3) is 2.58. The molecule has 3 heterocycles. The van der Waals surface area contributed by atoms with Gasteiger partial charge in [0.05, 0.1) is 0 Å². The highest BCUT2D eigenvalue weighted by atomic mass is 15.3. The van der Waals surface area contributed by atoms with Crippen molar-refractivity contribution in [3.63, 3.8) is 0 Å². The van der Waals surface area contributed by atoms with Gasteiger partial charge in [0, 0.05) is 25.2 Å². The first-order valence-corrected chi connectivity index (χ1v) is 7.45. The molecule has 1 aromatic heterocycles. The van der Waals surface area contributed by atoms with E-state index in [4.69, 9.17) is 5.84 Å². The summed E-state index contributed by atoms with van der Waals surface area (Å²) in [6.07, 6.45) is 3.86. The van der Waals surface area contributed by atoms with E-state index in [9.17, 15) is 0 Å². The second-order valence-corrected chi connectivity index (χ2v) is 5.99. The van der Waals surface area contributed by atoms with Crippen molar-refractivity contribution < 1.29 is 0 Å². The molecule has 3 N–H and O–H groups in total. The number of nitrogens with one attached hydrogen (secondary N) is 1. The molecule has 1 aromatic rings. The van der Waals surface area contributed by atoms with E-state index in [2.05, 4.69) is 32.2 Å². The summed E-state index contributed by atoms with van der Waals surface area (Å²) in [5.74, 6) is 8.68. The fraction of sp³-hybridized carbons (Fsp3) is 0.714. The number of piperidine rings is 2. The zero-order valence-electron chi connectivity index (χ0n) is 12.3. The van der Waals surface area contributed by atoms with Crippen LogP contribution in [-0.4, -0.2) is 47.6 Å². The van der Waals surface area contributed by atoms with Crippen LogP contribution >= 0.6 is 0 Å². The van der Waals surface area contributed by atoms with Crippen molar-refractivity contribution in [2.45, 2.75) is 32.2 Å². The normalized spacial score (nSPS) is 27.2. The van der Waals surface area contributed by atoms with Gasteiger partial charge in [-0.2, -0.15) is 0 Å². The molecule has 20 heavy (non-hydrogen) atoms. The molecule has 0 aliphatic carbocycles. The predicted octanol–water partition coefficient (Wildman–Crippen LogP) is 0.991. The Labute approximate surface area is 120 Å². The van der Waals surface area contributed by atoms with E-state index < -0.39 is 0 Å². The van der Waals surface area contributed by atoms with Crippen LogP contribution < -0.4 is 16.2 Å². The number of hydrogen-bond donors (Lipinski definition) is 2. The molecule has 2 saturated heterocycles. The number of nitrogens with zero attached hydrogens (tertiary/aromatic N) is 4. The highest BCUT2D eigenvalue weighted by Crippen LogP contribution is 2.31. The molecule has 0 spiro atoms. The number of hydrazine groups is 1. The van der Waals surface area contributed by atoms with Gasteiger partial charge in [-0.05, 0) is 45.7 Å². The van der Waals surface area contributed by atoms with Gasteiger partial charge in [0.2, 0.25) is 0 Å². The zero-order valence-corrected chi connectivity index (χ0v) is 12.3. The molecule has 2 unspecified atom stereocenters. The molecule has 2 atom stereocenters. The molecule has 0 radical (unpaired) electrons. The molecule has 6 nitrogen and oxygen atoms in total. The van der Waals surface area contributed by atoms with E-state index in [1.165, 1.54) is 25.8 Å². The van der Waals surface area contributed by atoms with Crippen LogP contribution in [0.4, 0.5) is 11.6 Å². The monoisotopic (exact) mass is 276 g/mol. The van der Waals surface area contributed by atoms with Gasteiger partial charge in [-0.1, -0.05) is 0 Å². The Hall–Kier alpha value is -1.40. The van der Waals surface area contributed by atoms with Crippen LogP contribution in [0.15, 0.2) is 6.07 Å². The van der Waals surface area contributed by atoms with E-state index in [1.54, 1.807) is 0 Å². The number of nitrogen functional groups attached to an aromatic ring is 1. The summed E-state index contributed by atoms with van der Waals surface area (Å²) in [6, 6.07) is 2.69. The van der Waals surface area contributed by atoms with E-state index in [0.29, 0.717) is 5.82 Å². The van der Waals surface area contributed by atoms with E-state index >= 15 is 0 Å². The number of anilines is 2. The molecular weight excluding hydrogens is 252 g/mol. The van der Waals surface area contributed by atoms with Crippen molar-refractivity contribution in [2.75, 3.05) is 37.0 Å². The van der Waals surface area contributed by atoms with Crippen molar-refractivity contribution in [3.8, 4) is 0 Å². The molecule has 2 aliphatic rings. The standard InChI is InChI=1S/C14H24N6/c1-10-16-13(18-15)8-14(17-10)20-7-5-12-11(9-20)4-3-6-19(12)2/h8,11-12H,3-7,9,15H2,1-2H3,(H,16,17,18). The van der Waals surface area contributed by atoms with Gasteiger partial charge in [0.15, 0.2) is 0 Å². The van der Waals surface area contributed by atoms with Crippen LogP contribution in [0.25, 0.3) is 0 Å². The van der Waals surface area contributed by atoms with Gasteiger partial charge in [0.1, 0.15) is 17.5 Å². The Kier molecular flexibility index (Phi) is 3.76. The highest BCUT2D eigenvalue weighted by molar-refractivity contribution is 5.49. The average molecular weight is 276 g/mol. The number of likely N-dealkylation sites (tertiary alicyclic amines) is 1. The Morgan fingerprint density at radius 3 is 2.95 bits per heavy atom. The van der Waals surface area contributed by atoms with Crippen LogP contribution in [0.1, 0.15) is 25.1 Å². The minimum atomic E-state index is 0.690. The molecular formula is C14H24N6. The van der Waals surface area contributed by atoms with Crippen molar-refractivity contribution in [1.29, 1.82) is 0 Å². The Bertz CT molecular complexity index is 477. The van der Waals surface area contributed by atoms with E-state index in [1.807, 2.05) is 13.0 Å². The van der Waals surface area contributed by atoms with Gasteiger partial charge < -0.3 is 15.2 Å². The quantitative estimate of drug-likeness (QED) is 0.620. The molecule has 0 bridgehead atoms. The summed E-state index contributed by atoms with van der Waals surface area (Å²) in [5, 5.41) is 0. The van der Waals surface area contributed by atoms with Gasteiger partial charge in [-0.3, -0.25) is 0 Å². The Balaban J connectivity index is 1.77. The van der Waals surface area contributed by atoms with Crippen LogP contribution in [-0.2, 0) is 0 Å². The lowest BCUT2D eigenvalue weighted by Crippen LogP contribution is -2.53. The molecule has 2 aliphatic heterocycles. The third-order valence-electron chi connectivity index (χ3n) is 4.64. The van der Waals surface area contributed by atoms with Crippen LogP contribution in [0.5, 0.6) is 0 Å². The molecule has 2 fully saturated rings. The Morgan fingerprint density at radius 2 is 2.15 bits per heavy atom. The van der Waals surface area contributed by atoms with Crippen molar-refractivity contribution in [3.05, 3.63) is 11.9 Å². The number of fused-ring (bicyclic) bond motifs is 1. The van der Waals surface area contributed by atoms with Crippen molar-refractivity contribution >= 4 is 11.6 Å². The summed E-state index contributed by atoms with van der Waals surface area (Å²) < 4.78 is 0. The second kappa shape index (κ2) is 5.54. The fourth-order valence-electron chi connectivity index (χ4n) is 3.65. The number of aryl methyl sites for hydroxylation is 1. The van der Waals surface area contributed by atoms with Crippen LogP contribution in [0.3, 0.4) is 0 Å². The first kappa shape index (κ1) is 13.6. The number of hydrogen-bond acceptors (Lipinski definition) is 6. The summed E-state index contributed by atoms with van der Waals surface area (Å²) >= 11 is 0. The molecule has 0 saturated carbocycles. The fourth-order valence-corrected chi connectivity index (χ4v) is 3.65. The molecule has 3 rings (SSSR count). The Morgan fingerprint density at radius 1 is 1.30 bits per heavy atom. The largest absolute Gasteiger partial charge is 0.356 e. The summed E-state index contributed by atoms with van der Waals surface area (Å²) in [4.78, 5) is 13.7.